The Hall–Kier alpha value is -1.82. The van der Waals surface area contributed by atoms with Gasteiger partial charge in [0.05, 0.1) is 28.6 Å². The van der Waals surface area contributed by atoms with E-state index in [-0.39, 0.29) is 5.91 Å². The predicted molar refractivity (Wildman–Crippen MR) is 94.0 cm³/mol. The monoisotopic (exact) mass is 393 g/mol. The van der Waals surface area contributed by atoms with E-state index < -0.39 is 0 Å². The molecule has 0 radical (unpaired) electrons. The van der Waals surface area contributed by atoms with Gasteiger partial charge in [0, 0.05) is 0 Å². The van der Waals surface area contributed by atoms with Crippen LogP contribution in [0.1, 0.15) is 12.5 Å². The van der Waals surface area contributed by atoms with Crippen molar-refractivity contribution in [2.45, 2.75) is 13.3 Å². The molecule has 0 aliphatic heterocycles. The summed E-state index contributed by atoms with van der Waals surface area (Å²) >= 11 is 1.95. The van der Waals surface area contributed by atoms with Crippen LogP contribution in [-0.4, -0.2) is 5.91 Å². The Morgan fingerprint density at radius 1 is 1.29 bits per heavy atom. The molecule has 0 saturated carbocycles. The zero-order chi connectivity index (χ0) is 15.2. The van der Waals surface area contributed by atoms with Crippen molar-refractivity contribution in [1.82, 2.24) is 0 Å². The normalized spacial score (nSPS) is 10.0. The Morgan fingerprint density at radius 2 is 2.05 bits per heavy atom. The van der Waals surface area contributed by atoms with Crippen molar-refractivity contribution in [3.63, 3.8) is 0 Å². The number of nitrogens with zero attached hydrogens (tertiary/aromatic N) is 1. The third-order valence-corrected chi connectivity index (χ3v) is 3.97. The first-order chi connectivity index (χ1) is 10.2. The van der Waals surface area contributed by atoms with Gasteiger partial charge in [-0.15, -0.1) is 0 Å². The van der Waals surface area contributed by atoms with Gasteiger partial charge >= 0.3 is 0 Å². The lowest BCUT2D eigenvalue weighted by Crippen LogP contribution is -2.17. The van der Waals surface area contributed by atoms with Crippen LogP contribution in [0.2, 0.25) is 0 Å². The van der Waals surface area contributed by atoms with Gasteiger partial charge in [-0.3, -0.25) is 4.79 Å². The summed E-state index contributed by atoms with van der Waals surface area (Å²) < 4.78 is 7.42. The molecule has 0 unspecified atom stereocenters. The molecule has 0 N–H and O–H groups in total. The van der Waals surface area contributed by atoms with Crippen molar-refractivity contribution >= 4 is 34.5 Å². The standard InChI is InChI=1S/C17H16INO2/c1-3-13-8-7-9-14(12-13)21-16-11-6-5-10-15(16)19(18)17(20)4-2/h4-12H,2-3H2,1H3. The number of carbonyl (C=O) groups excluding carboxylic acids is 1. The molecule has 0 spiro atoms. The number of rotatable bonds is 5. The first-order valence-corrected chi connectivity index (χ1v) is 7.60. The van der Waals surface area contributed by atoms with Gasteiger partial charge in [-0.25, -0.2) is 3.11 Å². The topological polar surface area (TPSA) is 29.5 Å². The Kier molecular flexibility index (Phi) is 5.38. The van der Waals surface area contributed by atoms with Crippen LogP contribution in [-0.2, 0) is 11.2 Å². The van der Waals surface area contributed by atoms with Crippen LogP contribution in [0.3, 0.4) is 0 Å². The molecule has 2 aromatic rings. The van der Waals surface area contributed by atoms with Crippen molar-refractivity contribution in [2.75, 3.05) is 3.11 Å². The average molecular weight is 393 g/mol. The summed E-state index contributed by atoms with van der Waals surface area (Å²) in [6.07, 6.45) is 2.23. The number of aryl methyl sites for hydroxylation is 1. The lowest BCUT2D eigenvalue weighted by molar-refractivity contribution is -0.112. The van der Waals surface area contributed by atoms with E-state index in [4.69, 9.17) is 4.74 Å². The van der Waals surface area contributed by atoms with Crippen LogP contribution in [0.25, 0.3) is 0 Å². The lowest BCUT2D eigenvalue weighted by Gasteiger charge is -2.17. The number of anilines is 1. The van der Waals surface area contributed by atoms with Gasteiger partial charge in [-0.05, 0) is 42.3 Å². The Bertz CT molecular complexity index is 655. The number of ether oxygens (including phenoxy) is 1. The maximum atomic E-state index is 11.8. The molecule has 1 amide bonds. The highest BCUT2D eigenvalue weighted by Gasteiger charge is 2.14. The van der Waals surface area contributed by atoms with Gasteiger partial charge in [0.1, 0.15) is 5.75 Å². The van der Waals surface area contributed by atoms with Gasteiger partial charge < -0.3 is 4.74 Å². The fourth-order valence-corrected chi connectivity index (χ4v) is 2.46. The number of hydrogen-bond acceptors (Lipinski definition) is 2. The van der Waals surface area contributed by atoms with Crippen molar-refractivity contribution in [3.8, 4) is 11.5 Å². The minimum Gasteiger partial charge on any atom is -0.455 e. The third-order valence-electron chi connectivity index (χ3n) is 2.98. The molecule has 0 aromatic heterocycles. The van der Waals surface area contributed by atoms with Crippen molar-refractivity contribution < 1.29 is 9.53 Å². The second-order valence-corrected chi connectivity index (χ2v) is 5.36. The first kappa shape index (κ1) is 15.6. The molecular weight excluding hydrogens is 377 g/mol. The quantitative estimate of drug-likeness (QED) is 0.411. The van der Waals surface area contributed by atoms with E-state index in [1.807, 2.05) is 65.3 Å². The van der Waals surface area contributed by atoms with Crippen LogP contribution in [0, 0.1) is 0 Å². The maximum Gasteiger partial charge on any atom is 0.259 e. The van der Waals surface area contributed by atoms with Crippen LogP contribution in [0.4, 0.5) is 5.69 Å². The summed E-state index contributed by atoms with van der Waals surface area (Å²) in [4.78, 5) is 11.8. The van der Waals surface area contributed by atoms with Gasteiger partial charge in [0.2, 0.25) is 0 Å². The largest absolute Gasteiger partial charge is 0.455 e. The van der Waals surface area contributed by atoms with E-state index in [2.05, 4.69) is 19.6 Å². The number of para-hydroxylation sites is 2. The molecule has 0 saturated heterocycles. The highest BCUT2D eigenvalue weighted by molar-refractivity contribution is 14.1. The molecule has 0 aliphatic carbocycles. The van der Waals surface area contributed by atoms with E-state index in [9.17, 15) is 4.79 Å². The van der Waals surface area contributed by atoms with Crippen molar-refractivity contribution in [2.24, 2.45) is 0 Å². The Morgan fingerprint density at radius 3 is 2.76 bits per heavy atom. The molecule has 0 atom stereocenters. The van der Waals surface area contributed by atoms with E-state index in [0.717, 1.165) is 12.2 Å². The molecule has 0 aliphatic rings. The molecule has 0 bridgehead atoms. The molecule has 2 rings (SSSR count). The van der Waals surface area contributed by atoms with Crippen LogP contribution in [0.15, 0.2) is 61.2 Å². The summed E-state index contributed by atoms with van der Waals surface area (Å²) in [7, 11) is 0. The number of benzene rings is 2. The minimum absolute atomic E-state index is 0.186. The minimum atomic E-state index is -0.186. The van der Waals surface area contributed by atoms with Gasteiger partial charge in [0.25, 0.3) is 5.91 Å². The third kappa shape index (κ3) is 3.85. The van der Waals surface area contributed by atoms with Crippen LogP contribution in [0.5, 0.6) is 11.5 Å². The summed E-state index contributed by atoms with van der Waals surface area (Å²) in [6, 6.07) is 15.4. The Balaban J connectivity index is 2.31. The maximum absolute atomic E-state index is 11.8. The number of carbonyl (C=O) groups is 1. The predicted octanol–water partition coefficient (Wildman–Crippen LogP) is 4.91. The SMILES string of the molecule is C=CC(=O)N(I)c1ccccc1Oc1cccc(CC)c1. The molecule has 21 heavy (non-hydrogen) atoms. The summed E-state index contributed by atoms with van der Waals surface area (Å²) in [5, 5.41) is 0. The van der Waals surface area contributed by atoms with Gasteiger partial charge in [0.15, 0.2) is 5.75 Å². The molecule has 4 heteroatoms. The lowest BCUT2D eigenvalue weighted by atomic mass is 10.2. The Labute approximate surface area is 138 Å². The fraction of sp³-hybridized carbons (Fsp3) is 0.118. The molecule has 0 fully saturated rings. The highest BCUT2D eigenvalue weighted by Crippen LogP contribution is 2.34. The van der Waals surface area contributed by atoms with E-state index in [0.29, 0.717) is 11.4 Å². The van der Waals surface area contributed by atoms with E-state index in [1.165, 1.54) is 14.8 Å². The smallest absolute Gasteiger partial charge is 0.259 e. The molecule has 0 heterocycles. The average Bonchev–Trinajstić information content (AvgIpc) is 2.54. The molecular formula is C17H16INO2. The van der Waals surface area contributed by atoms with Crippen molar-refractivity contribution in [3.05, 3.63) is 66.7 Å². The summed E-state index contributed by atoms with van der Waals surface area (Å²) in [5.74, 6) is 1.21. The second kappa shape index (κ2) is 7.26. The fourth-order valence-electron chi connectivity index (χ4n) is 1.86. The van der Waals surface area contributed by atoms with Crippen molar-refractivity contribution in [1.29, 1.82) is 0 Å². The summed E-state index contributed by atoms with van der Waals surface area (Å²) in [5.41, 5.74) is 1.91. The zero-order valence-electron chi connectivity index (χ0n) is 11.8. The molecule has 2 aromatic carbocycles. The zero-order valence-corrected chi connectivity index (χ0v) is 13.9. The first-order valence-electron chi connectivity index (χ1n) is 6.63. The number of hydrogen-bond donors (Lipinski definition) is 0. The van der Waals surface area contributed by atoms with E-state index in [1.54, 1.807) is 0 Å². The van der Waals surface area contributed by atoms with Crippen LogP contribution >= 0.6 is 22.9 Å². The number of halogens is 1. The van der Waals surface area contributed by atoms with Crippen LogP contribution < -0.4 is 7.85 Å². The molecule has 3 nitrogen and oxygen atoms in total. The molecule has 108 valence electrons. The summed E-state index contributed by atoms with van der Waals surface area (Å²) in [6.45, 7) is 5.61. The second-order valence-electron chi connectivity index (χ2n) is 4.39. The van der Waals surface area contributed by atoms with E-state index >= 15 is 0 Å². The number of amides is 1. The van der Waals surface area contributed by atoms with Gasteiger partial charge in [-0.1, -0.05) is 37.8 Å². The van der Waals surface area contributed by atoms with Gasteiger partial charge in [-0.2, -0.15) is 0 Å². The highest BCUT2D eigenvalue weighted by atomic mass is 127.